The minimum atomic E-state index is -0.330. The van der Waals surface area contributed by atoms with Crippen LogP contribution in [0.3, 0.4) is 0 Å². The van der Waals surface area contributed by atoms with Crippen LogP contribution >= 0.6 is 11.6 Å². The van der Waals surface area contributed by atoms with E-state index in [2.05, 4.69) is 6.92 Å². The number of benzene rings is 2. The number of hydrogen-bond donors (Lipinski definition) is 0. The van der Waals surface area contributed by atoms with Crippen molar-refractivity contribution in [1.82, 2.24) is 0 Å². The number of methoxy groups -OCH3 is 1. The SMILES string of the molecule is COC(=O)c1ccc2c(c1)C1OC2c2c(C)cc(Cl)cc21. The second-order valence-corrected chi connectivity index (χ2v) is 5.89. The molecule has 2 heterocycles. The largest absolute Gasteiger partial charge is 0.465 e. The Bertz CT molecular complexity index is 782. The fourth-order valence-electron chi connectivity index (χ4n) is 3.39. The first-order valence-corrected chi connectivity index (χ1v) is 7.15. The zero-order valence-electron chi connectivity index (χ0n) is 11.6. The van der Waals surface area contributed by atoms with Gasteiger partial charge in [0.1, 0.15) is 12.2 Å². The Hall–Kier alpha value is -1.84. The van der Waals surface area contributed by atoms with E-state index >= 15 is 0 Å². The Morgan fingerprint density at radius 3 is 2.71 bits per heavy atom. The maximum absolute atomic E-state index is 11.7. The zero-order chi connectivity index (χ0) is 14.7. The van der Waals surface area contributed by atoms with Crippen LogP contribution in [0.1, 0.15) is 50.4 Å². The smallest absolute Gasteiger partial charge is 0.337 e. The van der Waals surface area contributed by atoms with Crippen LogP contribution in [-0.2, 0) is 9.47 Å². The first kappa shape index (κ1) is 12.9. The summed E-state index contributed by atoms with van der Waals surface area (Å²) < 4.78 is 10.9. The molecule has 3 nitrogen and oxygen atoms in total. The lowest BCUT2D eigenvalue weighted by Gasteiger charge is -2.18. The van der Waals surface area contributed by atoms with Crippen LogP contribution in [0.15, 0.2) is 30.3 Å². The third-order valence-corrected chi connectivity index (χ3v) is 4.49. The summed E-state index contributed by atoms with van der Waals surface area (Å²) in [5, 5.41) is 0.716. The van der Waals surface area contributed by atoms with Crippen LogP contribution in [-0.4, -0.2) is 13.1 Å². The average molecular weight is 301 g/mol. The maximum Gasteiger partial charge on any atom is 0.337 e. The van der Waals surface area contributed by atoms with E-state index < -0.39 is 0 Å². The third-order valence-electron chi connectivity index (χ3n) is 4.27. The molecule has 0 radical (unpaired) electrons. The van der Waals surface area contributed by atoms with E-state index in [-0.39, 0.29) is 18.2 Å². The number of hydrogen-bond acceptors (Lipinski definition) is 3. The van der Waals surface area contributed by atoms with Gasteiger partial charge in [-0.3, -0.25) is 0 Å². The second kappa shape index (κ2) is 4.33. The maximum atomic E-state index is 11.7. The second-order valence-electron chi connectivity index (χ2n) is 5.46. The van der Waals surface area contributed by atoms with Crippen molar-refractivity contribution >= 4 is 17.6 Å². The van der Waals surface area contributed by atoms with Crippen LogP contribution < -0.4 is 0 Å². The summed E-state index contributed by atoms with van der Waals surface area (Å²) >= 11 is 6.17. The fraction of sp³-hybridized carbons (Fsp3) is 0.235. The Morgan fingerprint density at radius 2 is 1.95 bits per heavy atom. The minimum absolute atomic E-state index is 0.0519. The van der Waals surface area contributed by atoms with Crippen molar-refractivity contribution < 1.29 is 14.3 Å². The lowest BCUT2D eigenvalue weighted by Crippen LogP contribution is -2.08. The summed E-state index contributed by atoms with van der Waals surface area (Å²) in [5.41, 5.74) is 6.19. The molecular weight excluding hydrogens is 288 g/mol. The molecule has 2 aromatic carbocycles. The standard InChI is InChI=1S/C17H13ClO3/c1-8-5-10(18)7-13-14(8)16-11-4-3-9(17(19)20-2)6-12(11)15(13)21-16/h3-7,15-16H,1-2H3. The van der Waals surface area contributed by atoms with E-state index in [1.807, 2.05) is 24.3 Å². The number of esters is 1. The molecule has 2 aliphatic heterocycles. The molecule has 2 atom stereocenters. The fourth-order valence-corrected chi connectivity index (χ4v) is 3.67. The first-order valence-electron chi connectivity index (χ1n) is 6.77. The molecule has 0 spiro atoms. The van der Waals surface area contributed by atoms with E-state index in [1.165, 1.54) is 12.7 Å². The molecular formula is C17H13ClO3. The molecule has 0 amide bonds. The topological polar surface area (TPSA) is 35.5 Å². The predicted octanol–water partition coefficient (Wildman–Crippen LogP) is 3.96. The number of carbonyl (C=O) groups is 1. The molecule has 2 unspecified atom stereocenters. The highest BCUT2D eigenvalue weighted by Gasteiger charge is 2.43. The highest BCUT2D eigenvalue weighted by molar-refractivity contribution is 6.30. The number of carbonyl (C=O) groups excluding carboxylic acids is 1. The van der Waals surface area contributed by atoms with Gasteiger partial charge in [0, 0.05) is 5.02 Å². The number of ether oxygens (including phenoxy) is 2. The molecule has 106 valence electrons. The Balaban J connectivity index is 1.88. The van der Waals surface area contributed by atoms with Crippen LogP contribution in [0.4, 0.5) is 0 Å². The van der Waals surface area contributed by atoms with Crippen molar-refractivity contribution in [3.63, 3.8) is 0 Å². The van der Waals surface area contributed by atoms with Gasteiger partial charge < -0.3 is 9.47 Å². The molecule has 0 aliphatic carbocycles. The Kier molecular flexibility index (Phi) is 2.65. The summed E-state index contributed by atoms with van der Waals surface area (Å²) in [6.07, 6.45) is -0.189. The molecule has 4 heteroatoms. The summed E-state index contributed by atoms with van der Waals surface area (Å²) in [4.78, 5) is 11.7. The van der Waals surface area contributed by atoms with Crippen molar-refractivity contribution in [3.8, 4) is 0 Å². The van der Waals surface area contributed by atoms with Gasteiger partial charge in [-0.05, 0) is 59.0 Å². The molecule has 0 fully saturated rings. The number of rotatable bonds is 1. The lowest BCUT2D eigenvalue weighted by atomic mass is 9.83. The van der Waals surface area contributed by atoms with Crippen LogP contribution in [0.5, 0.6) is 0 Å². The Morgan fingerprint density at radius 1 is 1.14 bits per heavy atom. The van der Waals surface area contributed by atoms with Gasteiger partial charge in [-0.25, -0.2) is 4.79 Å². The summed E-state index contributed by atoms with van der Waals surface area (Å²) in [5.74, 6) is -0.330. The zero-order valence-corrected chi connectivity index (χ0v) is 12.4. The van der Waals surface area contributed by atoms with Crippen molar-refractivity contribution in [1.29, 1.82) is 0 Å². The third kappa shape index (κ3) is 1.68. The minimum Gasteiger partial charge on any atom is -0.465 e. The molecule has 2 bridgehead atoms. The molecule has 21 heavy (non-hydrogen) atoms. The van der Waals surface area contributed by atoms with E-state index in [0.717, 1.165) is 22.3 Å². The predicted molar refractivity (Wildman–Crippen MR) is 78.7 cm³/mol. The van der Waals surface area contributed by atoms with Crippen molar-refractivity contribution in [2.24, 2.45) is 0 Å². The lowest BCUT2D eigenvalue weighted by molar-refractivity contribution is 0.0600. The number of aryl methyl sites for hydroxylation is 1. The van der Waals surface area contributed by atoms with E-state index in [9.17, 15) is 4.79 Å². The van der Waals surface area contributed by atoms with E-state index in [1.54, 1.807) is 6.07 Å². The van der Waals surface area contributed by atoms with Crippen LogP contribution in [0, 0.1) is 6.92 Å². The summed E-state index contributed by atoms with van der Waals surface area (Å²) in [6, 6.07) is 9.54. The molecule has 0 saturated carbocycles. The van der Waals surface area contributed by atoms with Gasteiger partial charge in [-0.1, -0.05) is 17.7 Å². The monoisotopic (exact) mass is 300 g/mol. The highest BCUT2D eigenvalue weighted by Crippen LogP contribution is 2.55. The van der Waals surface area contributed by atoms with Gasteiger partial charge in [-0.15, -0.1) is 0 Å². The van der Waals surface area contributed by atoms with Crippen molar-refractivity contribution in [2.75, 3.05) is 7.11 Å². The summed E-state index contributed by atoms with van der Waals surface area (Å²) in [7, 11) is 1.39. The molecule has 2 aliphatic rings. The summed E-state index contributed by atoms with van der Waals surface area (Å²) in [6.45, 7) is 2.05. The van der Waals surface area contributed by atoms with E-state index in [4.69, 9.17) is 21.1 Å². The van der Waals surface area contributed by atoms with Crippen molar-refractivity contribution in [2.45, 2.75) is 19.1 Å². The van der Waals surface area contributed by atoms with Gasteiger partial charge in [-0.2, -0.15) is 0 Å². The first-order chi connectivity index (χ1) is 10.1. The van der Waals surface area contributed by atoms with Gasteiger partial charge in [0.05, 0.1) is 12.7 Å². The number of halogens is 1. The van der Waals surface area contributed by atoms with Crippen LogP contribution in [0.2, 0.25) is 5.02 Å². The molecule has 2 aromatic rings. The van der Waals surface area contributed by atoms with E-state index in [0.29, 0.717) is 10.6 Å². The molecule has 0 N–H and O–H groups in total. The van der Waals surface area contributed by atoms with Gasteiger partial charge in [0.25, 0.3) is 0 Å². The van der Waals surface area contributed by atoms with Gasteiger partial charge in [0.15, 0.2) is 0 Å². The highest BCUT2D eigenvalue weighted by atomic mass is 35.5. The molecule has 0 saturated heterocycles. The number of fused-ring (bicyclic) bond motifs is 8. The normalized spacial score (nSPS) is 21.1. The average Bonchev–Trinajstić information content (AvgIpc) is 3.02. The quantitative estimate of drug-likeness (QED) is 0.748. The van der Waals surface area contributed by atoms with Gasteiger partial charge in [0.2, 0.25) is 0 Å². The molecule has 0 aromatic heterocycles. The van der Waals surface area contributed by atoms with Crippen molar-refractivity contribution in [3.05, 3.63) is 68.7 Å². The Labute approximate surface area is 127 Å². The van der Waals surface area contributed by atoms with Gasteiger partial charge >= 0.3 is 5.97 Å². The van der Waals surface area contributed by atoms with Crippen LogP contribution in [0.25, 0.3) is 0 Å². The molecule has 4 rings (SSSR count).